The largest absolute Gasteiger partial charge is 0.463 e. The van der Waals surface area contributed by atoms with Gasteiger partial charge < -0.3 is 20.4 Å². The molecule has 0 aliphatic heterocycles. The van der Waals surface area contributed by atoms with Gasteiger partial charge in [-0.15, -0.1) is 0 Å². The number of nitrogens with two attached hydrogens (primary N) is 1. The van der Waals surface area contributed by atoms with Crippen LogP contribution in [0.3, 0.4) is 0 Å². The third-order valence-electron chi connectivity index (χ3n) is 3.56. The Labute approximate surface area is 149 Å². The van der Waals surface area contributed by atoms with Crippen LogP contribution >= 0.6 is 15.9 Å². The van der Waals surface area contributed by atoms with Crippen LogP contribution in [-0.4, -0.2) is 24.9 Å². The zero-order valence-corrected chi connectivity index (χ0v) is 15.2. The Morgan fingerprint density at radius 3 is 2.75 bits per heavy atom. The number of halogens is 1. The second-order valence-corrected chi connectivity index (χ2v) is 6.44. The standard InChI is InChI=1S/C17H20BrN3O3/c1-11-8-13(18)5-6-14(11)21-17(23)10-20-16(22)9-19-12(2)15-4-3-7-24-15/h3-8,12,19H,9-10H2,1-2H3,(H,20,22)(H,21,23)/p+1/t12-/m0/s1. The molecule has 0 saturated heterocycles. The minimum Gasteiger partial charge on any atom is -0.463 e. The number of aryl methyl sites for hydroxylation is 1. The van der Waals surface area contributed by atoms with Crippen LogP contribution in [0, 0.1) is 6.92 Å². The normalized spacial score (nSPS) is 11.8. The van der Waals surface area contributed by atoms with Gasteiger partial charge >= 0.3 is 0 Å². The maximum absolute atomic E-state index is 11.9. The number of furan rings is 1. The molecule has 2 aromatic rings. The fraction of sp³-hybridized carbons (Fsp3) is 0.294. The number of rotatable bonds is 7. The van der Waals surface area contributed by atoms with Crippen LogP contribution in [0.4, 0.5) is 5.69 Å². The molecule has 128 valence electrons. The number of nitrogens with one attached hydrogen (secondary N) is 2. The third kappa shape index (κ3) is 5.50. The van der Waals surface area contributed by atoms with Crippen molar-refractivity contribution in [3.63, 3.8) is 0 Å². The Balaban J connectivity index is 1.72. The molecule has 0 saturated carbocycles. The van der Waals surface area contributed by atoms with E-state index in [1.54, 1.807) is 6.26 Å². The lowest BCUT2D eigenvalue weighted by atomic mass is 10.2. The Hall–Kier alpha value is -2.12. The molecule has 0 aliphatic carbocycles. The van der Waals surface area contributed by atoms with Gasteiger partial charge in [-0.2, -0.15) is 0 Å². The fourth-order valence-corrected chi connectivity index (χ4v) is 2.64. The molecule has 1 aromatic carbocycles. The van der Waals surface area contributed by atoms with E-state index in [9.17, 15) is 9.59 Å². The first kappa shape index (κ1) is 18.2. The number of hydrogen-bond acceptors (Lipinski definition) is 3. The smallest absolute Gasteiger partial charge is 0.275 e. The third-order valence-corrected chi connectivity index (χ3v) is 4.05. The summed E-state index contributed by atoms with van der Waals surface area (Å²) in [6, 6.07) is 9.31. The molecule has 1 atom stereocenters. The first-order valence-corrected chi connectivity index (χ1v) is 8.44. The topological polar surface area (TPSA) is 88.0 Å². The molecule has 4 N–H and O–H groups in total. The molecule has 0 fully saturated rings. The maximum atomic E-state index is 11.9. The summed E-state index contributed by atoms with van der Waals surface area (Å²) in [6.45, 7) is 4.03. The molecule has 1 heterocycles. The van der Waals surface area contributed by atoms with Crippen LogP contribution in [0.15, 0.2) is 45.5 Å². The number of amides is 2. The zero-order chi connectivity index (χ0) is 17.5. The fourth-order valence-electron chi connectivity index (χ4n) is 2.16. The van der Waals surface area contributed by atoms with Crippen LogP contribution in [0.25, 0.3) is 0 Å². The number of hydrogen-bond donors (Lipinski definition) is 3. The SMILES string of the molecule is Cc1cc(Br)ccc1NC(=O)CNC(=O)C[NH2+][C@@H](C)c1ccco1. The van der Waals surface area contributed by atoms with Gasteiger partial charge in [-0.1, -0.05) is 15.9 Å². The van der Waals surface area contributed by atoms with E-state index in [4.69, 9.17) is 4.42 Å². The Bertz CT molecular complexity index is 701. The van der Waals surface area contributed by atoms with Crippen molar-refractivity contribution in [2.75, 3.05) is 18.4 Å². The predicted octanol–water partition coefficient (Wildman–Crippen LogP) is 1.73. The molecular formula is C17H21BrN3O3+. The summed E-state index contributed by atoms with van der Waals surface area (Å²) in [4.78, 5) is 23.7. The summed E-state index contributed by atoms with van der Waals surface area (Å²) in [7, 11) is 0. The molecule has 0 aliphatic rings. The van der Waals surface area contributed by atoms with Crippen molar-refractivity contribution < 1.29 is 19.3 Å². The summed E-state index contributed by atoms with van der Waals surface area (Å²) in [5.41, 5.74) is 1.68. The Morgan fingerprint density at radius 2 is 2.08 bits per heavy atom. The number of anilines is 1. The molecular weight excluding hydrogens is 374 g/mol. The summed E-state index contributed by atoms with van der Waals surface area (Å²) >= 11 is 3.38. The van der Waals surface area contributed by atoms with Crippen molar-refractivity contribution in [3.05, 3.63) is 52.4 Å². The molecule has 2 amide bonds. The lowest BCUT2D eigenvalue weighted by Gasteiger charge is -2.10. The van der Waals surface area contributed by atoms with Gasteiger partial charge in [0.25, 0.3) is 5.91 Å². The Morgan fingerprint density at radius 1 is 1.29 bits per heavy atom. The van der Waals surface area contributed by atoms with Gasteiger partial charge in [0.1, 0.15) is 6.04 Å². The van der Waals surface area contributed by atoms with E-state index in [0.717, 1.165) is 21.5 Å². The van der Waals surface area contributed by atoms with Gasteiger partial charge in [0.05, 0.1) is 12.8 Å². The summed E-state index contributed by atoms with van der Waals surface area (Å²) in [5, 5.41) is 7.24. The lowest BCUT2D eigenvalue weighted by Crippen LogP contribution is -2.87. The van der Waals surface area contributed by atoms with Crippen LogP contribution < -0.4 is 16.0 Å². The molecule has 2 rings (SSSR count). The van der Waals surface area contributed by atoms with Crippen LogP contribution in [0.2, 0.25) is 0 Å². The summed E-state index contributed by atoms with van der Waals surface area (Å²) < 4.78 is 6.23. The highest BCUT2D eigenvalue weighted by atomic mass is 79.9. The van der Waals surface area contributed by atoms with Gasteiger partial charge in [0.2, 0.25) is 5.91 Å². The monoisotopic (exact) mass is 394 g/mol. The molecule has 1 aromatic heterocycles. The summed E-state index contributed by atoms with van der Waals surface area (Å²) in [6.07, 6.45) is 1.61. The predicted molar refractivity (Wildman–Crippen MR) is 94.4 cm³/mol. The van der Waals surface area contributed by atoms with Gasteiger partial charge in [-0.3, -0.25) is 9.59 Å². The highest BCUT2D eigenvalue weighted by molar-refractivity contribution is 9.10. The van der Waals surface area contributed by atoms with E-state index >= 15 is 0 Å². The maximum Gasteiger partial charge on any atom is 0.275 e. The van der Waals surface area contributed by atoms with Gasteiger partial charge in [-0.05, 0) is 49.7 Å². The average Bonchev–Trinajstić information content (AvgIpc) is 3.08. The van der Waals surface area contributed by atoms with Gasteiger partial charge in [0, 0.05) is 10.2 Å². The van der Waals surface area contributed by atoms with E-state index in [1.807, 2.05) is 49.5 Å². The van der Waals surface area contributed by atoms with E-state index in [-0.39, 0.29) is 30.9 Å². The Kier molecular flexibility index (Phi) is 6.57. The van der Waals surface area contributed by atoms with Crippen molar-refractivity contribution in [2.45, 2.75) is 19.9 Å². The van der Waals surface area contributed by atoms with Crippen molar-refractivity contribution in [2.24, 2.45) is 0 Å². The zero-order valence-electron chi connectivity index (χ0n) is 13.6. The highest BCUT2D eigenvalue weighted by Gasteiger charge is 2.14. The van der Waals surface area contributed by atoms with Crippen LogP contribution in [0.1, 0.15) is 24.3 Å². The van der Waals surface area contributed by atoms with E-state index in [2.05, 4.69) is 26.6 Å². The van der Waals surface area contributed by atoms with Crippen molar-refractivity contribution >= 4 is 33.4 Å². The molecule has 7 heteroatoms. The molecule has 0 unspecified atom stereocenters. The first-order valence-electron chi connectivity index (χ1n) is 7.65. The first-order chi connectivity index (χ1) is 11.5. The minimum absolute atomic E-state index is 0.0463. The number of carbonyl (C=O) groups excluding carboxylic acids is 2. The highest BCUT2D eigenvalue weighted by Crippen LogP contribution is 2.19. The second kappa shape index (κ2) is 8.65. The van der Waals surface area contributed by atoms with Crippen molar-refractivity contribution in [3.8, 4) is 0 Å². The molecule has 24 heavy (non-hydrogen) atoms. The van der Waals surface area contributed by atoms with Crippen LogP contribution in [-0.2, 0) is 9.59 Å². The quantitative estimate of drug-likeness (QED) is 0.667. The number of quaternary nitrogens is 1. The van der Waals surface area contributed by atoms with Crippen molar-refractivity contribution in [1.82, 2.24) is 5.32 Å². The number of carbonyl (C=O) groups is 2. The lowest BCUT2D eigenvalue weighted by molar-refractivity contribution is -0.684. The molecule has 0 bridgehead atoms. The van der Waals surface area contributed by atoms with E-state index in [1.165, 1.54) is 0 Å². The second-order valence-electron chi connectivity index (χ2n) is 5.53. The average molecular weight is 395 g/mol. The molecule has 6 nitrogen and oxygen atoms in total. The van der Waals surface area contributed by atoms with E-state index < -0.39 is 0 Å². The van der Waals surface area contributed by atoms with E-state index in [0.29, 0.717) is 0 Å². The van der Waals surface area contributed by atoms with Gasteiger partial charge in [-0.25, -0.2) is 0 Å². The molecule has 0 spiro atoms. The van der Waals surface area contributed by atoms with Crippen LogP contribution in [0.5, 0.6) is 0 Å². The minimum atomic E-state index is -0.257. The van der Waals surface area contributed by atoms with Crippen molar-refractivity contribution in [1.29, 1.82) is 0 Å². The van der Waals surface area contributed by atoms with Gasteiger partial charge in [0.15, 0.2) is 12.3 Å². The summed E-state index contributed by atoms with van der Waals surface area (Å²) in [5.74, 6) is 0.357. The number of benzene rings is 1. The molecule has 0 radical (unpaired) electrons.